The van der Waals surface area contributed by atoms with Gasteiger partial charge in [0.25, 0.3) is 0 Å². The summed E-state index contributed by atoms with van der Waals surface area (Å²) in [4.78, 5) is 16.7. The number of hydrogen-bond donors (Lipinski definition) is 2. The van der Waals surface area contributed by atoms with Gasteiger partial charge in [0.1, 0.15) is 17.6 Å². The molecule has 1 heterocycles. The molecular formula is C21H18ClF5N4O2. The minimum atomic E-state index is -4.91. The van der Waals surface area contributed by atoms with E-state index in [0.29, 0.717) is 6.07 Å². The van der Waals surface area contributed by atoms with Crippen LogP contribution in [-0.4, -0.2) is 29.6 Å². The third-order valence-electron chi connectivity index (χ3n) is 5.08. The Bertz CT molecular complexity index is 1040. The van der Waals surface area contributed by atoms with Gasteiger partial charge in [0.2, 0.25) is 0 Å². The van der Waals surface area contributed by atoms with Gasteiger partial charge in [0.05, 0.1) is 10.7 Å². The molecule has 176 valence electrons. The summed E-state index contributed by atoms with van der Waals surface area (Å²) >= 11 is 5.84. The van der Waals surface area contributed by atoms with Gasteiger partial charge in [-0.2, -0.15) is 22.8 Å². The Labute approximate surface area is 190 Å². The second-order valence-corrected chi connectivity index (χ2v) is 7.88. The molecule has 1 aliphatic rings. The van der Waals surface area contributed by atoms with Gasteiger partial charge in [-0.15, -0.1) is 0 Å². The molecule has 0 saturated heterocycles. The topological polar surface area (TPSA) is 87.0 Å². The molecule has 2 aromatic rings. The quantitative estimate of drug-likeness (QED) is 0.530. The van der Waals surface area contributed by atoms with Crippen molar-refractivity contribution in [3.8, 4) is 11.8 Å². The monoisotopic (exact) mass is 488 g/mol. The number of benzene rings is 1. The van der Waals surface area contributed by atoms with E-state index in [4.69, 9.17) is 11.6 Å². The Morgan fingerprint density at radius 1 is 1.24 bits per heavy atom. The lowest BCUT2D eigenvalue weighted by Crippen LogP contribution is -2.52. The summed E-state index contributed by atoms with van der Waals surface area (Å²) in [6, 6.07) is 5.53. The minimum Gasteiger partial charge on any atom is -0.428 e. The predicted octanol–water partition coefficient (Wildman–Crippen LogP) is 5.12. The Balaban J connectivity index is 2.06. The highest BCUT2D eigenvalue weighted by molar-refractivity contribution is 6.30. The van der Waals surface area contributed by atoms with Crippen molar-refractivity contribution in [1.82, 2.24) is 15.6 Å². The number of urea groups is 1. The number of carbonyl (C=O) groups is 1. The van der Waals surface area contributed by atoms with Gasteiger partial charge in [-0.05, 0) is 37.1 Å². The number of carbonyl (C=O) groups excluding carboxylic acids is 1. The van der Waals surface area contributed by atoms with E-state index in [9.17, 15) is 32.0 Å². The lowest BCUT2D eigenvalue weighted by atomic mass is 9.87. The standard InChI is InChI=1S/C21H18ClF5N4O2/c22-13-5-6-17(29-10-13)20(11-28,31-19(32)30-15-3-1-2-4-15)12-7-14(23)9-16(8-12)33-21(26,27)18(24)25/h5-10,15,18H,1-4H2,(H2,30,31,32). The van der Waals surface area contributed by atoms with E-state index in [1.165, 1.54) is 18.3 Å². The highest BCUT2D eigenvalue weighted by atomic mass is 35.5. The van der Waals surface area contributed by atoms with Gasteiger partial charge in [0, 0.05) is 23.9 Å². The maximum Gasteiger partial charge on any atom is 0.461 e. The fourth-order valence-electron chi connectivity index (χ4n) is 3.53. The molecule has 1 atom stereocenters. The van der Waals surface area contributed by atoms with Crippen LogP contribution in [-0.2, 0) is 5.54 Å². The molecule has 1 aromatic carbocycles. The summed E-state index contributed by atoms with van der Waals surface area (Å²) < 4.78 is 70.3. The molecule has 2 amide bonds. The number of hydrogen-bond acceptors (Lipinski definition) is 4. The van der Waals surface area contributed by atoms with Crippen LogP contribution in [0.25, 0.3) is 0 Å². The Morgan fingerprint density at radius 3 is 2.52 bits per heavy atom. The fourth-order valence-corrected chi connectivity index (χ4v) is 3.65. The average Bonchev–Trinajstić information content (AvgIpc) is 3.24. The first-order valence-corrected chi connectivity index (χ1v) is 10.2. The largest absolute Gasteiger partial charge is 0.461 e. The van der Waals surface area contributed by atoms with Crippen LogP contribution in [0.2, 0.25) is 5.02 Å². The van der Waals surface area contributed by atoms with Crippen LogP contribution < -0.4 is 15.4 Å². The number of nitrogens with zero attached hydrogens (tertiary/aromatic N) is 2. The molecule has 1 saturated carbocycles. The van der Waals surface area contributed by atoms with Crippen molar-refractivity contribution < 1.29 is 31.5 Å². The molecule has 6 nitrogen and oxygen atoms in total. The second-order valence-electron chi connectivity index (χ2n) is 7.44. The smallest absolute Gasteiger partial charge is 0.428 e. The summed E-state index contributed by atoms with van der Waals surface area (Å²) in [5.41, 5.74) is -2.68. The van der Waals surface area contributed by atoms with E-state index in [1.807, 2.05) is 6.07 Å². The van der Waals surface area contributed by atoms with Crippen LogP contribution in [0.3, 0.4) is 0 Å². The lowest BCUT2D eigenvalue weighted by molar-refractivity contribution is -0.253. The van der Waals surface area contributed by atoms with Crippen LogP contribution >= 0.6 is 11.6 Å². The predicted molar refractivity (Wildman–Crippen MR) is 108 cm³/mol. The summed E-state index contributed by atoms with van der Waals surface area (Å²) in [6.45, 7) is 0. The maximum atomic E-state index is 14.3. The van der Waals surface area contributed by atoms with E-state index in [1.54, 1.807) is 0 Å². The molecular weight excluding hydrogens is 471 g/mol. The van der Waals surface area contributed by atoms with Gasteiger partial charge < -0.3 is 15.4 Å². The number of halogens is 6. The summed E-state index contributed by atoms with van der Waals surface area (Å²) in [6.07, 6.45) is -4.64. The van der Waals surface area contributed by atoms with Gasteiger partial charge in [0.15, 0.2) is 5.54 Å². The summed E-state index contributed by atoms with van der Waals surface area (Å²) in [7, 11) is 0. The molecule has 12 heteroatoms. The Kier molecular flexibility index (Phi) is 7.27. The SMILES string of the molecule is N#CC(NC(=O)NC1CCCC1)(c1cc(F)cc(OC(F)(F)C(F)F)c1)c1ccc(Cl)cn1. The van der Waals surface area contributed by atoms with E-state index < -0.39 is 35.7 Å². The van der Waals surface area contributed by atoms with Gasteiger partial charge >= 0.3 is 18.6 Å². The van der Waals surface area contributed by atoms with Gasteiger partial charge in [-0.1, -0.05) is 24.4 Å². The van der Waals surface area contributed by atoms with Gasteiger partial charge in [-0.3, -0.25) is 4.98 Å². The first-order valence-electron chi connectivity index (χ1n) is 9.84. The number of nitrogens with one attached hydrogen (secondary N) is 2. The number of aromatic nitrogens is 1. The molecule has 0 bridgehead atoms. The Morgan fingerprint density at radius 2 is 1.94 bits per heavy atom. The van der Waals surface area contributed by atoms with Crippen LogP contribution in [0, 0.1) is 17.1 Å². The third kappa shape index (κ3) is 5.63. The molecule has 3 rings (SSSR count). The van der Waals surface area contributed by atoms with Crippen LogP contribution in [0.15, 0.2) is 36.5 Å². The molecule has 0 radical (unpaired) electrons. The second kappa shape index (κ2) is 9.79. The number of pyridine rings is 1. The molecule has 1 unspecified atom stereocenters. The average molecular weight is 489 g/mol. The molecule has 0 aliphatic heterocycles. The first kappa shape index (κ1) is 24.5. The highest BCUT2D eigenvalue weighted by Gasteiger charge is 2.45. The van der Waals surface area contributed by atoms with Crippen molar-refractivity contribution in [1.29, 1.82) is 5.26 Å². The molecule has 1 aliphatic carbocycles. The molecule has 1 aromatic heterocycles. The zero-order valence-corrected chi connectivity index (χ0v) is 17.7. The maximum absolute atomic E-state index is 14.3. The lowest BCUT2D eigenvalue weighted by Gasteiger charge is -2.29. The van der Waals surface area contributed by atoms with Crippen molar-refractivity contribution in [3.63, 3.8) is 0 Å². The number of nitriles is 1. The molecule has 33 heavy (non-hydrogen) atoms. The van der Waals surface area contributed by atoms with Crippen molar-refractivity contribution in [2.45, 2.75) is 49.8 Å². The number of rotatable bonds is 7. The Hall–Kier alpha value is -3.13. The van der Waals surface area contributed by atoms with Crippen molar-refractivity contribution >= 4 is 17.6 Å². The van der Waals surface area contributed by atoms with E-state index in [-0.39, 0.29) is 22.3 Å². The minimum absolute atomic E-state index is 0.117. The summed E-state index contributed by atoms with van der Waals surface area (Å²) in [5.74, 6) is -2.14. The van der Waals surface area contributed by atoms with Crippen LogP contribution in [0.1, 0.15) is 36.9 Å². The van der Waals surface area contributed by atoms with E-state index >= 15 is 0 Å². The molecule has 1 fully saturated rings. The number of alkyl halides is 4. The van der Waals surface area contributed by atoms with Crippen LogP contribution in [0.4, 0.5) is 26.7 Å². The molecule has 2 N–H and O–H groups in total. The summed E-state index contributed by atoms with van der Waals surface area (Å²) in [5, 5.41) is 15.4. The van der Waals surface area contributed by atoms with Crippen molar-refractivity contribution in [2.24, 2.45) is 0 Å². The van der Waals surface area contributed by atoms with E-state index in [0.717, 1.165) is 37.8 Å². The number of ether oxygens (including phenoxy) is 1. The first-order chi connectivity index (χ1) is 15.6. The normalized spacial score (nSPS) is 16.2. The molecule has 0 spiro atoms. The number of amides is 2. The van der Waals surface area contributed by atoms with Crippen LogP contribution in [0.5, 0.6) is 5.75 Å². The fraction of sp³-hybridized carbons (Fsp3) is 0.381. The zero-order chi connectivity index (χ0) is 24.2. The third-order valence-corrected chi connectivity index (χ3v) is 5.31. The van der Waals surface area contributed by atoms with E-state index in [2.05, 4.69) is 20.4 Å². The van der Waals surface area contributed by atoms with Crippen molar-refractivity contribution in [3.05, 3.63) is 58.6 Å². The van der Waals surface area contributed by atoms with Crippen molar-refractivity contribution in [2.75, 3.05) is 0 Å². The van der Waals surface area contributed by atoms with Gasteiger partial charge in [-0.25, -0.2) is 9.18 Å². The zero-order valence-electron chi connectivity index (χ0n) is 16.9. The highest BCUT2D eigenvalue weighted by Crippen LogP contribution is 2.34.